The molecule has 5 heteroatoms. The first-order valence-corrected chi connectivity index (χ1v) is 6.60. The maximum absolute atomic E-state index is 11.3. The first-order chi connectivity index (χ1) is 9.02. The van der Waals surface area contributed by atoms with Gasteiger partial charge in [-0.25, -0.2) is 4.98 Å². The lowest BCUT2D eigenvalue weighted by Crippen LogP contribution is -2.33. The summed E-state index contributed by atoms with van der Waals surface area (Å²) >= 11 is 0. The van der Waals surface area contributed by atoms with Gasteiger partial charge in [-0.3, -0.25) is 4.79 Å². The van der Waals surface area contributed by atoms with Crippen LogP contribution in [0.15, 0.2) is 18.3 Å². The number of hydrogen-bond donors (Lipinski definition) is 2. The maximum atomic E-state index is 11.3. The number of nitrogens with zero attached hydrogens (tertiary/aromatic N) is 2. The molecule has 0 saturated heterocycles. The Hall–Kier alpha value is -1.62. The van der Waals surface area contributed by atoms with Crippen molar-refractivity contribution in [1.82, 2.24) is 15.6 Å². The molecule has 1 aromatic heterocycles. The summed E-state index contributed by atoms with van der Waals surface area (Å²) in [7, 11) is 3.49. The fourth-order valence-electron chi connectivity index (χ4n) is 1.63. The van der Waals surface area contributed by atoms with E-state index in [1.54, 1.807) is 7.05 Å². The minimum atomic E-state index is -0.0213. The Morgan fingerprint density at radius 1 is 1.42 bits per heavy atom. The molecule has 1 amide bonds. The molecule has 0 unspecified atom stereocenters. The lowest BCUT2D eigenvalue weighted by atomic mass is 10.2. The molecular weight excluding hydrogens is 240 g/mol. The summed E-state index contributed by atoms with van der Waals surface area (Å²) in [5.74, 6) is 1.43. The van der Waals surface area contributed by atoms with Crippen LogP contribution in [0.4, 0.5) is 5.82 Å². The van der Waals surface area contributed by atoms with E-state index in [9.17, 15) is 4.79 Å². The summed E-state index contributed by atoms with van der Waals surface area (Å²) in [6.45, 7) is 6.50. The Bertz CT molecular complexity index is 389. The van der Waals surface area contributed by atoms with E-state index in [0.29, 0.717) is 12.5 Å². The number of rotatable bonds is 7. The molecule has 1 aromatic rings. The van der Waals surface area contributed by atoms with Gasteiger partial charge in [-0.2, -0.15) is 0 Å². The van der Waals surface area contributed by atoms with Gasteiger partial charge in [0.15, 0.2) is 0 Å². The number of carbonyl (C=O) groups excluding carboxylic acids is 1. The summed E-state index contributed by atoms with van der Waals surface area (Å²) in [5, 5.41) is 5.97. The van der Waals surface area contributed by atoms with E-state index in [-0.39, 0.29) is 5.91 Å². The number of amides is 1. The van der Waals surface area contributed by atoms with Crippen molar-refractivity contribution in [2.75, 3.05) is 32.1 Å². The predicted molar refractivity (Wildman–Crippen MR) is 78.1 cm³/mol. The molecular formula is C14H24N4O. The zero-order valence-electron chi connectivity index (χ0n) is 12.2. The second-order valence-corrected chi connectivity index (χ2v) is 5.08. The summed E-state index contributed by atoms with van der Waals surface area (Å²) < 4.78 is 0. The van der Waals surface area contributed by atoms with Gasteiger partial charge in [0, 0.05) is 26.8 Å². The van der Waals surface area contributed by atoms with Crippen molar-refractivity contribution in [3.8, 4) is 0 Å². The van der Waals surface area contributed by atoms with Gasteiger partial charge in [-0.05, 0) is 24.1 Å². The first-order valence-electron chi connectivity index (χ1n) is 6.60. The first kappa shape index (κ1) is 15.4. The molecule has 0 radical (unpaired) electrons. The summed E-state index contributed by atoms with van der Waals surface area (Å²) in [5.41, 5.74) is 1.15. The van der Waals surface area contributed by atoms with Gasteiger partial charge in [0.25, 0.3) is 0 Å². The zero-order chi connectivity index (χ0) is 14.3. The van der Waals surface area contributed by atoms with Gasteiger partial charge in [0.05, 0.1) is 6.54 Å². The molecule has 0 aliphatic rings. The monoisotopic (exact) mass is 264 g/mol. The number of nitrogens with one attached hydrogen (secondary N) is 2. The molecule has 0 aliphatic heterocycles. The molecule has 0 aromatic carbocycles. The Morgan fingerprint density at radius 2 is 2.16 bits per heavy atom. The molecule has 5 nitrogen and oxygen atoms in total. The third-order valence-corrected chi connectivity index (χ3v) is 2.74. The van der Waals surface area contributed by atoms with Crippen LogP contribution in [0.2, 0.25) is 0 Å². The molecule has 0 fully saturated rings. The van der Waals surface area contributed by atoms with E-state index in [1.807, 2.05) is 30.3 Å². The van der Waals surface area contributed by atoms with Crippen molar-refractivity contribution in [2.45, 2.75) is 20.4 Å². The minimum absolute atomic E-state index is 0.0213. The summed E-state index contributed by atoms with van der Waals surface area (Å²) in [6.07, 6.45) is 1.85. The van der Waals surface area contributed by atoms with E-state index in [0.717, 1.165) is 24.5 Å². The van der Waals surface area contributed by atoms with Crippen LogP contribution in [0.1, 0.15) is 19.4 Å². The topological polar surface area (TPSA) is 57.3 Å². The van der Waals surface area contributed by atoms with Crippen molar-refractivity contribution in [1.29, 1.82) is 0 Å². The fourth-order valence-corrected chi connectivity index (χ4v) is 1.63. The standard InChI is InChI=1S/C14H24N4O/c1-11(2)7-16-8-12-5-6-13(17-9-12)18(4)10-14(19)15-3/h5-6,9,11,16H,7-8,10H2,1-4H3,(H,15,19). The summed E-state index contributed by atoms with van der Waals surface area (Å²) in [4.78, 5) is 17.5. The van der Waals surface area contributed by atoms with Crippen LogP contribution in [0.5, 0.6) is 0 Å². The highest BCUT2D eigenvalue weighted by atomic mass is 16.1. The van der Waals surface area contributed by atoms with Gasteiger partial charge < -0.3 is 15.5 Å². The molecule has 1 rings (SSSR count). The van der Waals surface area contributed by atoms with Gasteiger partial charge >= 0.3 is 0 Å². The van der Waals surface area contributed by atoms with Crippen LogP contribution in [0.3, 0.4) is 0 Å². The van der Waals surface area contributed by atoms with Gasteiger partial charge in [0.2, 0.25) is 5.91 Å². The molecule has 0 spiro atoms. The van der Waals surface area contributed by atoms with Gasteiger partial charge in [0.1, 0.15) is 5.82 Å². The third-order valence-electron chi connectivity index (χ3n) is 2.74. The van der Waals surface area contributed by atoms with E-state index < -0.39 is 0 Å². The van der Waals surface area contributed by atoms with Crippen molar-refractivity contribution in [3.05, 3.63) is 23.9 Å². The third kappa shape index (κ3) is 5.70. The van der Waals surface area contributed by atoms with E-state index in [1.165, 1.54) is 0 Å². The van der Waals surface area contributed by atoms with Crippen LogP contribution >= 0.6 is 0 Å². The van der Waals surface area contributed by atoms with Crippen molar-refractivity contribution in [2.24, 2.45) is 5.92 Å². The van der Waals surface area contributed by atoms with E-state index >= 15 is 0 Å². The smallest absolute Gasteiger partial charge is 0.239 e. The molecule has 0 bridgehead atoms. The number of pyridine rings is 1. The lowest BCUT2D eigenvalue weighted by Gasteiger charge is -2.17. The zero-order valence-corrected chi connectivity index (χ0v) is 12.2. The van der Waals surface area contributed by atoms with Crippen LogP contribution in [-0.2, 0) is 11.3 Å². The Kier molecular flexibility index (Phi) is 6.29. The van der Waals surface area contributed by atoms with E-state index in [2.05, 4.69) is 29.5 Å². The molecule has 1 heterocycles. The molecule has 19 heavy (non-hydrogen) atoms. The number of carbonyl (C=O) groups is 1. The largest absolute Gasteiger partial charge is 0.358 e. The van der Waals surface area contributed by atoms with Crippen molar-refractivity contribution in [3.63, 3.8) is 0 Å². The SMILES string of the molecule is CNC(=O)CN(C)c1ccc(CNCC(C)C)cn1. The molecule has 0 aliphatic carbocycles. The van der Waals surface area contributed by atoms with Crippen molar-refractivity contribution >= 4 is 11.7 Å². The highest BCUT2D eigenvalue weighted by molar-refractivity contribution is 5.80. The number of hydrogen-bond acceptors (Lipinski definition) is 4. The van der Waals surface area contributed by atoms with Crippen LogP contribution in [0, 0.1) is 5.92 Å². The average molecular weight is 264 g/mol. The number of aromatic nitrogens is 1. The molecule has 2 N–H and O–H groups in total. The Labute approximate surface area is 115 Å². The highest BCUT2D eigenvalue weighted by Gasteiger charge is 2.06. The van der Waals surface area contributed by atoms with Crippen LogP contribution in [-0.4, -0.2) is 38.1 Å². The van der Waals surface area contributed by atoms with Gasteiger partial charge in [-0.15, -0.1) is 0 Å². The quantitative estimate of drug-likeness (QED) is 0.772. The fraction of sp³-hybridized carbons (Fsp3) is 0.571. The Balaban J connectivity index is 2.48. The number of anilines is 1. The van der Waals surface area contributed by atoms with Crippen LogP contribution < -0.4 is 15.5 Å². The second-order valence-electron chi connectivity index (χ2n) is 5.08. The number of likely N-dealkylation sites (N-methyl/N-ethyl adjacent to an activating group) is 2. The lowest BCUT2D eigenvalue weighted by molar-refractivity contribution is -0.119. The molecule has 106 valence electrons. The normalized spacial score (nSPS) is 10.6. The van der Waals surface area contributed by atoms with Gasteiger partial charge in [-0.1, -0.05) is 19.9 Å². The van der Waals surface area contributed by atoms with Crippen LogP contribution in [0.25, 0.3) is 0 Å². The molecule has 0 atom stereocenters. The second kappa shape index (κ2) is 7.74. The average Bonchev–Trinajstić information content (AvgIpc) is 2.38. The minimum Gasteiger partial charge on any atom is -0.358 e. The predicted octanol–water partition coefficient (Wildman–Crippen LogP) is 1.01. The van der Waals surface area contributed by atoms with E-state index in [4.69, 9.17) is 0 Å². The summed E-state index contributed by atoms with van der Waals surface area (Å²) in [6, 6.07) is 3.98. The molecule has 0 saturated carbocycles. The Morgan fingerprint density at radius 3 is 2.68 bits per heavy atom. The van der Waals surface area contributed by atoms with Crippen molar-refractivity contribution < 1.29 is 4.79 Å². The maximum Gasteiger partial charge on any atom is 0.239 e. The highest BCUT2D eigenvalue weighted by Crippen LogP contribution is 2.09.